The maximum atomic E-state index is 12.6. The van der Waals surface area contributed by atoms with Gasteiger partial charge < -0.3 is 5.32 Å². The van der Waals surface area contributed by atoms with E-state index in [1.54, 1.807) is 11.3 Å². The van der Waals surface area contributed by atoms with Crippen molar-refractivity contribution in [2.24, 2.45) is 5.92 Å². The van der Waals surface area contributed by atoms with Crippen LogP contribution in [0.5, 0.6) is 0 Å². The zero-order valence-electron chi connectivity index (χ0n) is 13.2. The standard InChI is InChI=1S/C17H17N5OS/c1-10-9-24-17(18-10)12-3-2-4-13(7-12)19-16(23)11-5-6-14-15(8-11)21-22-20-14/h2-4,7,9,11H,5-6,8H2,1H3,(H,19,23)(H,20,21,22)/t11-/m1/s1. The van der Waals surface area contributed by atoms with Gasteiger partial charge in [0, 0.05) is 34.7 Å². The molecule has 0 saturated heterocycles. The smallest absolute Gasteiger partial charge is 0.227 e. The summed E-state index contributed by atoms with van der Waals surface area (Å²) in [7, 11) is 0. The molecule has 1 aliphatic rings. The van der Waals surface area contributed by atoms with Gasteiger partial charge in [-0.2, -0.15) is 15.4 Å². The van der Waals surface area contributed by atoms with E-state index < -0.39 is 0 Å². The van der Waals surface area contributed by atoms with Crippen molar-refractivity contribution < 1.29 is 4.79 Å². The number of carbonyl (C=O) groups excluding carboxylic acids is 1. The number of carbonyl (C=O) groups is 1. The van der Waals surface area contributed by atoms with E-state index in [0.29, 0.717) is 6.42 Å². The highest BCUT2D eigenvalue weighted by Gasteiger charge is 2.27. The van der Waals surface area contributed by atoms with Crippen molar-refractivity contribution in [2.45, 2.75) is 26.2 Å². The predicted molar refractivity (Wildman–Crippen MR) is 92.8 cm³/mol. The van der Waals surface area contributed by atoms with Crippen LogP contribution in [0, 0.1) is 12.8 Å². The molecule has 2 heterocycles. The van der Waals surface area contributed by atoms with Crippen LogP contribution >= 0.6 is 11.3 Å². The van der Waals surface area contributed by atoms with Gasteiger partial charge in [0.05, 0.1) is 11.4 Å². The molecule has 122 valence electrons. The maximum Gasteiger partial charge on any atom is 0.227 e. The molecule has 0 bridgehead atoms. The molecule has 24 heavy (non-hydrogen) atoms. The van der Waals surface area contributed by atoms with E-state index in [0.717, 1.165) is 46.2 Å². The van der Waals surface area contributed by atoms with Crippen LogP contribution < -0.4 is 5.32 Å². The molecular formula is C17H17N5OS. The van der Waals surface area contributed by atoms with Gasteiger partial charge in [-0.3, -0.25) is 4.79 Å². The topological polar surface area (TPSA) is 83.6 Å². The Morgan fingerprint density at radius 3 is 3.04 bits per heavy atom. The van der Waals surface area contributed by atoms with Crippen LogP contribution in [0.3, 0.4) is 0 Å². The minimum atomic E-state index is -0.0617. The first kappa shape index (κ1) is 15.0. The minimum Gasteiger partial charge on any atom is -0.326 e. The fourth-order valence-electron chi connectivity index (χ4n) is 2.97. The second-order valence-corrected chi connectivity index (χ2v) is 6.88. The lowest BCUT2D eigenvalue weighted by Crippen LogP contribution is -2.28. The van der Waals surface area contributed by atoms with E-state index in [2.05, 4.69) is 25.7 Å². The van der Waals surface area contributed by atoms with Gasteiger partial charge in [-0.1, -0.05) is 12.1 Å². The van der Waals surface area contributed by atoms with E-state index in [9.17, 15) is 4.79 Å². The molecule has 0 spiro atoms. The monoisotopic (exact) mass is 339 g/mol. The summed E-state index contributed by atoms with van der Waals surface area (Å²) in [6.07, 6.45) is 2.24. The molecular weight excluding hydrogens is 322 g/mol. The van der Waals surface area contributed by atoms with E-state index in [1.807, 2.05) is 36.6 Å². The number of aromatic nitrogens is 4. The Morgan fingerprint density at radius 1 is 1.33 bits per heavy atom. The number of benzene rings is 1. The van der Waals surface area contributed by atoms with Crippen molar-refractivity contribution in [3.63, 3.8) is 0 Å². The number of aryl methyl sites for hydroxylation is 2. The molecule has 0 unspecified atom stereocenters. The SMILES string of the molecule is Cc1csc(-c2cccc(NC(=O)[C@@H]3CCc4n[nH]nc4C3)c2)n1. The molecule has 4 rings (SSSR count). The summed E-state index contributed by atoms with van der Waals surface area (Å²) in [5.74, 6) is -0.0236. The molecule has 0 saturated carbocycles. The lowest BCUT2D eigenvalue weighted by molar-refractivity contribution is -0.120. The van der Waals surface area contributed by atoms with Crippen LogP contribution in [-0.2, 0) is 17.6 Å². The number of H-pyrrole nitrogens is 1. The molecule has 0 radical (unpaired) electrons. The number of hydrogen-bond acceptors (Lipinski definition) is 5. The Labute approximate surface area is 143 Å². The fraction of sp³-hybridized carbons (Fsp3) is 0.294. The average Bonchev–Trinajstić information content (AvgIpc) is 3.23. The van der Waals surface area contributed by atoms with Crippen molar-refractivity contribution in [3.8, 4) is 10.6 Å². The maximum absolute atomic E-state index is 12.6. The van der Waals surface area contributed by atoms with E-state index in [4.69, 9.17) is 0 Å². The summed E-state index contributed by atoms with van der Waals surface area (Å²) in [5, 5.41) is 16.9. The van der Waals surface area contributed by atoms with Crippen molar-refractivity contribution in [1.82, 2.24) is 20.4 Å². The van der Waals surface area contributed by atoms with Gasteiger partial charge in [0.1, 0.15) is 5.01 Å². The number of anilines is 1. The van der Waals surface area contributed by atoms with Gasteiger partial charge in [0.25, 0.3) is 0 Å². The van der Waals surface area contributed by atoms with E-state index in [1.165, 1.54) is 0 Å². The predicted octanol–water partition coefficient (Wildman–Crippen LogP) is 2.98. The molecule has 7 heteroatoms. The molecule has 6 nitrogen and oxygen atoms in total. The van der Waals surface area contributed by atoms with Crippen molar-refractivity contribution in [3.05, 3.63) is 46.7 Å². The molecule has 2 N–H and O–H groups in total. The lowest BCUT2D eigenvalue weighted by Gasteiger charge is -2.19. The third-order valence-electron chi connectivity index (χ3n) is 4.24. The van der Waals surface area contributed by atoms with Crippen LogP contribution in [0.2, 0.25) is 0 Å². The summed E-state index contributed by atoms with van der Waals surface area (Å²) in [6, 6.07) is 7.83. The average molecular weight is 339 g/mol. The molecule has 0 aliphatic heterocycles. The van der Waals surface area contributed by atoms with E-state index >= 15 is 0 Å². The third-order valence-corrected chi connectivity index (χ3v) is 5.25. The zero-order chi connectivity index (χ0) is 16.5. The minimum absolute atomic E-state index is 0.0381. The summed E-state index contributed by atoms with van der Waals surface area (Å²) >= 11 is 1.61. The summed E-state index contributed by atoms with van der Waals surface area (Å²) < 4.78 is 0. The number of thiazole rings is 1. The Kier molecular flexibility index (Phi) is 3.86. The summed E-state index contributed by atoms with van der Waals surface area (Å²) in [6.45, 7) is 1.98. The number of fused-ring (bicyclic) bond motifs is 1. The molecule has 3 aromatic rings. The molecule has 1 aliphatic carbocycles. The quantitative estimate of drug-likeness (QED) is 0.768. The van der Waals surface area contributed by atoms with E-state index in [-0.39, 0.29) is 11.8 Å². The number of rotatable bonds is 3. The molecule has 2 aromatic heterocycles. The summed E-state index contributed by atoms with van der Waals surface area (Å²) in [5.41, 5.74) is 4.73. The first-order chi connectivity index (χ1) is 11.7. The Morgan fingerprint density at radius 2 is 2.21 bits per heavy atom. The van der Waals surface area contributed by atoms with Crippen LogP contribution in [0.4, 0.5) is 5.69 Å². The lowest BCUT2D eigenvalue weighted by atomic mass is 9.89. The third kappa shape index (κ3) is 2.94. The number of nitrogens with zero attached hydrogens (tertiary/aromatic N) is 3. The molecule has 1 atom stereocenters. The highest BCUT2D eigenvalue weighted by molar-refractivity contribution is 7.13. The molecule has 1 amide bonds. The van der Waals surface area contributed by atoms with Gasteiger partial charge >= 0.3 is 0 Å². The Hall–Kier alpha value is -2.54. The number of aromatic amines is 1. The highest BCUT2D eigenvalue weighted by Crippen LogP contribution is 2.27. The first-order valence-electron chi connectivity index (χ1n) is 7.91. The fourth-order valence-corrected chi connectivity index (χ4v) is 3.76. The van der Waals surface area contributed by atoms with Crippen molar-refractivity contribution in [1.29, 1.82) is 0 Å². The number of nitrogens with one attached hydrogen (secondary N) is 2. The van der Waals surface area contributed by atoms with Crippen LogP contribution in [0.1, 0.15) is 23.5 Å². The van der Waals surface area contributed by atoms with Crippen LogP contribution in [-0.4, -0.2) is 26.3 Å². The number of hydrogen-bond donors (Lipinski definition) is 2. The van der Waals surface area contributed by atoms with Gasteiger partial charge in [-0.15, -0.1) is 11.3 Å². The van der Waals surface area contributed by atoms with Crippen LogP contribution in [0.15, 0.2) is 29.6 Å². The van der Waals surface area contributed by atoms with Gasteiger partial charge in [-0.25, -0.2) is 4.98 Å². The first-order valence-corrected chi connectivity index (χ1v) is 8.79. The van der Waals surface area contributed by atoms with Gasteiger partial charge in [0.15, 0.2) is 0 Å². The zero-order valence-corrected chi connectivity index (χ0v) is 14.1. The van der Waals surface area contributed by atoms with Crippen molar-refractivity contribution >= 4 is 22.9 Å². The second-order valence-electron chi connectivity index (χ2n) is 6.02. The van der Waals surface area contributed by atoms with Gasteiger partial charge in [-0.05, 0) is 31.9 Å². The largest absolute Gasteiger partial charge is 0.326 e. The molecule has 1 aromatic carbocycles. The second kappa shape index (κ2) is 6.16. The summed E-state index contributed by atoms with van der Waals surface area (Å²) in [4.78, 5) is 17.1. The van der Waals surface area contributed by atoms with Crippen LogP contribution in [0.25, 0.3) is 10.6 Å². The Bertz CT molecular complexity index is 885. The molecule has 0 fully saturated rings. The normalized spacial score (nSPS) is 16.6. The van der Waals surface area contributed by atoms with Crippen molar-refractivity contribution in [2.75, 3.05) is 5.32 Å². The number of amides is 1. The highest BCUT2D eigenvalue weighted by atomic mass is 32.1. The van der Waals surface area contributed by atoms with Gasteiger partial charge in [0.2, 0.25) is 5.91 Å². The Balaban J connectivity index is 1.48.